The van der Waals surface area contributed by atoms with Crippen LogP contribution < -0.4 is 5.32 Å². The van der Waals surface area contributed by atoms with Crippen molar-refractivity contribution in [2.24, 2.45) is 0 Å². The molecule has 0 saturated carbocycles. The number of aryl methyl sites for hydroxylation is 1. The number of nitrogens with one attached hydrogen (secondary N) is 1. The van der Waals surface area contributed by atoms with Crippen molar-refractivity contribution in [3.8, 4) is 0 Å². The summed E-state index contributed by atoms with van der Waals surface area (Å²) in [7, 11) is 0. The zero-order chi connectivity index (χ0) is 14.7. The minimum atomic E-state index is -0.599. The highest BCUT2D eigenvalue weighted by Gasteiger charge is 2.33. The summed E-state index contributed by atoms with van der Waals surface area (Å²) >= 11 is 1.42. The summed E-state index contributed by atoms with van der Waals surface area (Å²) in [5, 5.41) is 2.22. The molecule has 1 heterocycles. The number of thioether (sulfide) groups is 1. The summed E-state index contributed by atoms with van der Waals surface area (Å²) in [5.74, 6) is -0.831. The van der Waals surface area contributed by atoms with Crippen LogP contribution in [0.25, 0.3) is 0 Å². The van der Waals surface area contributed by atoms with E-state index in [0.717, 1.165) is 10.5 Å². The lowest BCUT2D eigenvalue weighted by atomic mass is 10.2. The Labute approximate surface area is 121 Å². The van der Waals surface area contributed by atoms with Gasteiger partial charge >= 0.3 is 0 Å². The highest BCUT2D eigenvalue weighted by molar-refractivity contribution is 8.00. The lowest BCUT2D eigenvalue weighted by Gasteiger charge is -2.31. The monoisotopic (exact) mass is 292 g/mol. The molecule has 0 aliphatic carbocycles. The van der Waals surface area contributed by atoms with Crippen molar-refractivity contribution in [1.29, 1.82) is 0 Å². The molecule has 0 spiro atoms. The van der Waals surface area contributed by atoms with Gasteiger partial charge in [0.1, 0.15) is 12.6 Å². The number of hydrogen-bond acceptors (Lipinski definition) is 4. The van der Waals surface area contributed by atoms with Crippen molar-refractivity contribution in [2.45, 2.75) is 24.8 Å². The molecule has 1 N–H and O–H groups in total. The Balaban J connectivity index is 1.99. The maximum Gasteiger partial charge on any atom is 0.249 e. The Hall–Kier alpha value is -1.82. The fourth-order valence-corrected chi connectivity index (χ4v) is 2.87. The predicted molar refractivity (Wildman–Crippen MR) is 76.2 cm³/mol. The first-order chi connectivity index (χ1) is 9.49. The Morgan fingerprint density at radius 3 is 2.80 bits per heavy atom. The Morgan fingerprint density at radius 2 is 2.10 bits per heavy atom. The van der Waals surface area contributed by atoms with Gasteiger partial charge in [-0.2, -0.15) is 0 Å². The number of carbonyl (C=O) groups excluding carboxylic acids is 3. The number of carbonyl (C=O) groups is 3. The van der Waals surface area contributed by atoms with Gasteiger partial charge in [-0.1, -0.05) is 18.2 Å². The first-order valence-electron chi connectivity index (χ1n) is 6.30. The number of hydrogen-bond donors (Lipinski definition) is 1. The summed E-state index contributed by atoms with van der Waals surface area (Å²) in [6, 6.07) is 7.19. The van der Waals surface area contributed by atoms with E-state index in [9.17, 15) is 14.4 Å². The number of nitrogens with zero attached hydrogens (tertiary/aromatic N) is 1. The summed E-state index contributed by atoms with van der Waals surface area (Å²) in [5.41, 5.74) is 1.10. The maximum atomic E-state index is 12.2. The third-order valence-electron chi connectivity index (χ3n) is 3.19. The zero-order valence-corrected chi connectivity index (χ0v) is 12.2. The van der Waals surface area contributed by atoms with Crippen LogP contribution in [0.15, 0.2) is 29.2 Å². The summed E-state index contributed by atoms with van der Waals surface area (Å²) < 4.78 is 0. The standard InChI is InChI=1S/C14H16N2O3S/c1-9-5-3-4-6-11(9)20-8-13(18)16-7-12(17)15-14(19)10(16)2/h3-6,10H,7-8H2,1-2H3,(H,15,17,19). The average molecular weight is 292 g/mol. The van der Waals surface area contributed by atoms with E-state index in [1.54, 1.807) is 6.92 Å². The van der Waals surface area contributed by atoms with Crippen LogP contribution in [0.3, 0.4) is 0 Å². The molecule has 1 atom stereocenters. The largest absolute Gasteiger partial charge is 0.321 e. The summed E-state index contributed by atoms with van der Waals surface area (Å²) in [4.78, 5) is 37.4. The molecule has 0 radical (unpaired) electrons. The molecule has 1 aliphatic rings. The molecule has 0 bridgehead atoms. The lowest BCUT2D eigenvalue weighted by molar-refractivity contribution is -0.148. The van der Waals surface area contributed by atoms with Gasteiger partial charge in [-0.3, -0.25) is 19.7 Å². The Bertz CT molecular complexity index is 559. The van der Waals surface area contributed by atoms with Crippen LogP contribution in [-0.2, 0) is 14.4 Å². The van der Waals surface area contributed by atoms with Gasteiger partial charge < -0.3 is 4.90 Å². The molecule has 1 aliphatic heterocycles. The second-order valence-corrected chi connectivity index (χ2v) is 5.68. The number of imide groups is 1. The second-order valence-electron chi connectivity index (χ2n) is 4.66. The first-order valence-corrected chi connectivity index (χ1v) is 7.29. The van der Waals surface area contributed by atoms with Crippen molar-refractivity contribution in [3.05, 3.63) is 29.8 Å². The van der Waals surface area contributed by atoms with Crippen LogP contribution in [0.2, 0.25) is 0 Å². The average Bonchev–Trinajstić information content (AvgIpc) is 2.41. The minimum Gasteiger partial charge on any atom is -0.321 e. The highest BCUT2D eigenvalue weighted by atomic mass is 32.2. The highest BCUT2D eigenvalue weighted by Crippen LogP contribution is 2.22. The number of piperazine rings is 1. The van der Waals surface area contributed by atoms with Crippen molar-refractivity contribution >= 4 is 29.5 Å². The molecule has 2 rings (SSSR count). The molecule has 5 nitrogen and oxygen atoms in total. The summed E-state index contributed by atoms with van der Waals surface area (Å²) in [6.45, 7) is 3.55. The van der Waals surface area contributed by atoms with E-state index in [1.165, 1.54) is 16.7 Å². The van der Waals surface area contributed by atoms with Gasteiger partial charge in [-0.25, -0.2) is 0 Å². The van der Waals surface area contributed by atoms with Crippen LogP contribution in [-0.4, -0.2) is 41.0 Å². The van der Waals surface area contributed by atoms with E-state index in [2.05, 4.69) is 5.32 Å². The molecule has 1 unspecified atom stereocenters. The van der Waals surface area contributed by atoms with E-state index in [1.807, 2.05) is 31.2 Å². The second kappa shape index (κ2) is 6.09. The normalized spacial score (nSPS) is 18.9. The van der Waals surface area contributed by atoms with Crippen LogP contribution in [0.5, 0.6) is 0 Å². The van der Waals surface area contributed by atoms with Gasteiger partial charge in [-0.05, 0) is 25.5 Å². The van der Waals surface area contributed by atoms with E-state index >= 15 is 0 Å². The van der Waals surface area contributed by atoms with E-state index < -0.39 is 17.9 Å². The predicted octanol–water partition coefficient (Wildman–Crippen LogP) is 0.961. The van der Waals surface area contributed by atoms with Gasteiger partial charge in [0.2, 0.25) is 17.7 Å². The molecule has 1 saturated heterocycles. The van der Waals surface area contributed by atoms with E-state index in [0.29, 0.717) is 0 Å². The number of benzene rings is 1. The first kappa shape index (κ1) is 14.6. The van der Waals surface area contributed by atoms with Crippen LogP contribution in [0, 0.1) is 6.92 Å². The Morgan fingerprint density at radius 1 is 1.40 bits per heavy atom. The van der Waals surface area contributed by atoms with Gasteiger partial charge in [0.15, 0.2) is 0 Å². The van der Waals surface area contributed by atoms with E-state index in [4.69, 9.17) is 0 Å². The number of rotatable bonds is 3. The maximum absolute atomic E-state index is 12.2. The minimum absolute atomic E-state index is 0.0555. The van der Waals surface area contributed by atoms with E-state index in [-0.39, 0.29) is 18.2 Å². The molecule has 6 heteroatoms. The molecule has 1 fully saturated rings. The topological polar surface area (TPSA) is 66.5 Å². The van der Waals surface area contributed by atoms with Crippen molar-refractivity contribution in [1.82, 2.24) is 10.2 Å². The molecule has 1 aromatic carbocycles. The molecule has 20 heavy (non-hydrogen) atoms. The smallest absolute Gasteiger partial charge is 0.249 e. The summed E-state index contributed by atoms with van der Waals surface area (Å²) in [6.07, 6.45) is 0. The SMILES string of the molecule is Cc1ccccc1SCC(=O)N1CC(=O)NC(=O)C1C. The van der Waals surface area contributed by atoms with Crippen LogP contribution in [0.1, 0.15) is 12.5 Å². The van der Waals surface area contributed by atoms with Crippen molar-refractivity contribution in [3.63, 3.8) is 0 Å². The van der Waals surface area contributed by atoms with Gasteiger partial charge in [0.05, 0.1) is 5.75 Å². The molecular formula is C14H16N2O3S. The zero-order valence-electron chi connectivity index (χ0n) is 11.4. The van der Waals surface area contributed by atoms with Crippen LogP contribution in [0.4, 0.5) is 0 Å². The third-order valence-corrected chi connectivity index (χ3v) is 4.35. The van der Waals surface area contributed by atoms with Gasteiger partial charge in [-0.15, -0.1) is 11.8 Å². The molecule has 0 aromatic heterocycles. The van der Waals surface area contributed by atoms with Gasteiger partial charge in [0.25, 0.3) is 0 Å². The van der Waals surface area contributed by atoms with Crippen molar-refractivity contribution < 1.29 is 14.4 Å². The molecule has 1 aromatic rings. The third kappa shape index (κ3) is 3.19. The molecule has 3 amide bonds. The molecule has 106 valence electrons. The fraction of sp³-hybridized carbons (Fsp3) is 0.357. The number of amides is 3. The Kier molecular flexibility index (Phi) is 4.44. The fourth-order valence-electron chi connectivity index (χ4n) is 1.96. The lowest BCUT2D eigenvalue weighted by Crippen LogP contribution is -2.59. The van der Waals surface area contributed by atoms with Crippen LogP contribution >= 0.6 is 11.8 Å². The quantitative estimate of drug-likeness (QED) is 0.665. The molecular weight excluding hydrogens is 276 g/mol. The van der Waals surface area contributed by atoms with Crippen molar-refractivity contribution in [2.75, 3.05) is 12.3 Å². The van der Waals surface area contributed by atoms with Gasteiger partial charge in [0, 0.05) is 4.90 Å².